The summed E-state index contributed by atoms with van der Waals surface area (Å²) in [7, 11) is 1.56. The average Bonchev–Trinajstić information content (AvgIpc) is 3.08. The molecular weight excluding hydrogens is 402 g/mol. The number of carbonyl (C=O) groups excluding carboxylic acids is 1. The first-order valence-corrected chi connectivity index (χ1v) is 10.2. The summed E-state index contributed by atoms with van der Waals surface area (Å²) in [5.41, 5.74) is 3.60. The van der Waals surface area contributed by atoms with E-state index in [1.165, 1.54) is 0 Å². The van der Waals surface area contributed by atoms with Crippen LogP contribution in [0.25, 0.3) is 5.82 Å². The summed E-state index contributed by atoms with van der Waals surface area (Å²) in [4.78, 5) is 21.6. The van der Waals surface area contributed by atoms with E-state index in [4.69, 9.17) is 21.4 Å². The van der Waals surface area contributed by atoms with Crippen LogP contribution in [0, 0.1) is 13.8 Å². The topological polar surface area (TPSA) is 63.5 Å². The number of amides is 1. The number of pyridine rings is 1. The molecule has 0 saturated carbocycles. The Labute approximate surface area is 180 Å². The summed E-state index contributed by atoms with van der Waals surface area (Å²) in [6.07, 6.45) is 1.76. The number of carbonyl (C=O) groups is 1. The minimum Gasteiger partial charge on any atom is -0.496 e. The largest absolute Gasteiger partial charge is 0.496 e. The van der Waals surface area contributed by atoms with E-state index in [-0.39, 0.29) is 5.91 Å². The highest BCUT2D eigenvalue weighted by Crippen LogP contribution is 2.29. The van der Waals surface area contributed by atoms with E-state index in [0.29, 0.717) is 29.4 Å². The number of nitrogens with zero attached hydrogens (tertiary/aromatic N) is 5. The van der Waals surface area contributed by atoms with Crippen LogP contribution in [0.5, 0.6) is 5.75 Å². The Morgan fingerprint density at radius 2 is 1.87 bits per heavy atom. The number of anilines is 1. The van der Waals surface area contributed by atoms with Crippen LogP contribution >= 0.6 is 11.6 Å². The van der Waals surface area contributed by atoms with Crippen LogP contribution in [0.2, 0.25) is 5.02 Å². The fraction of sp³-hybridized carbons (Fsp3) is 0.318. The molecule has 2 aromatic heterocycles. The fourth-order valence-corrected chi connectivity index (χ4v) is 4.12. The van der Waals surface area contributed by atoms with Crippen molar-refractivity contribution in [1.29, 1.82) is 0 Å². The van der Waals surface area contributed by atoms with Gasteiger partial charge in [-0.2, -0.15) is 5.10 Å². The van der Waals surface area contributed by atoms with Crippen LogP contribution in [-0.4, -0.2) is 58.9 Å². The summed E-state index contributed by atoms with van der Waals surface area (Å²) < 4.78 is 7.22. The molecular formula is C22H24ClN5O2. The van der Waals surface area contributed by atoms with Crippen LogP contribution in [0.1, 0.15) is 21.7 Å². The monoisotopic (exact) mass is 425 g/mol. The molecule has 156 valence electrons. The molecule has 4 rings (SSSR count). The van der Waals surface area contributed by atoms with Crippen molar-refractivity contribution in [1.82, 2.24) is 19.7 Å². The second kappa shape index (κ2) is 8.36. The van der Waals surface area contributed by atoms with Gasteiger partial charge < -0.3 is 14.5 Å². The maximum absolute atomic E-state index is 13.0. The molecule has 0 N–H and O–H groups in total. The number of aryl methyl sites for hydroxylation is 1. The normalized spacial score (nSPS) is 14.1. The molecule has 30 heavy (non-hydrogen) atoms. The number of rotatable bonds is 4. The molecule has 8 heteroatoms. The molecule has 0 aliphatic carbocycles. The van der Waals surface area contributed by atoms with E-state index in [0.717, 1.165) is 36.0 Å². The molecule has 1 amide bonds. The zero-order valence-electron chi connectivity index (χ0n) is 17.3. The van der Waals surface area contributed by atoms with E-state index in [9.17, 15) is 4.79 Å². The van der Waals surface area contributed by atoms with Gasteiger partial charge in [-0.25, -0.2) is 9.67 Å². The molecule has 0 atom stereocenters. The molecule has 0 spiro atoms. The van der Waals surface area contributed by atoms with Gasteiger partial charge in [0.2, 0.25) is 0 Å². The highest BCUT2D eigenvalue weighted by atomic mass is 35.5. The number of piperazine rings is 1. The second-order valence-electron chi connectivity index (χ2n) is 7.24. The Morgan fingerprint density at radius 3 is 2.53 bits per heavy atom. The number of hydrogen-bond donors (Lipinski definition) is 0. The van der Waals surface area contributed by atoms with Crippen LogP contribution in [0.3, 0.4) is 0 Å². The Hall–Kier alpha value is -3.06. The Morgan fingerprint density at radius 1 is 1.10 bits per heavy atom. The van der Waals surface area contributed by atoms with Gasteiger partial charge in [0.1, 0.15) is 5.75 Å². The van der Waals surface area contributed by atoms with Crippen molar-refractivity contribution in [2.75, 3.05) is 38.2 Å². The van der Waals surface area contributed by atoms with Gasteiger partial charge in [-0.1, -0.05) is 17.7 Å². The Kier molecular flexibility index (Phi) is 5.63. The lowest BCUT2D eigenvalue weighted by Gasteiger charge is -2.36. The van der Waals surface area contributed by atoms with Crippen LogP contribution in [0.4, 0.5) is 5.69 Å². The van der Waals surface area contributed by atoms with Gasteiger partial charge in [-0.15, -0.1) is 0 Å². The molecule has 1 fully saturated rings. The van der Waals surface area contributed by atoms with Crippen LogP contribution in [-0.2, 0) is 0 Å². The smallest absolute Gasteiger partial charge is 0.257 e. The first kappa shape index (κ1) is 20.2. The number of aromatic nitrogens is 3. The van der Waals surface area contributed by atoms with Crippen molar-refractivity contribution in [3.05, 3.63) is 64.6 Å². The highest BCUT2D eigenvalue weighted by Gasteiger charge is 2.27. The minimum atomic E-state index is -0.0633. The molecule has 3 heterocycles. The third kappa shape index (κ3) is 3.73. The summed E-state index contributed by atoms with van der Waals surface area (Å²) in [6.45, 7) is 6.74. The summed E-state index contributed by atoms with van der Waals surface area (Å²) in [6, 6.07) is 10.9. The molecule has 0 radical (unpaired) electrons. The van der Waals surface area contributed by atoms with Gasteiger partial charge >= 0.3 is 0 Å². The standard InChI is InChI=1S/C22H24ClN5O2/c1-15-21(16(2)28(25-15)20-6-4-5-9-24-20)26-10-12-27(13-11-26)22(29)18-14-17(23)7-8-19(18)30-3/h4-9,14H,10-13H2,1-3H3. The first-order valence-electron chi connectivity index (χ1n) is 9.85. The quantitative estimate of drug-likeness (QED) is 0.640. The maximum Gasteiger partial charge on any atom is 0.257 e. The lowest BCUT2D eigenvalue weighted by molar-refractivity contribution is 0.0743. The van der Waals surface area contributed by atoms with Gasteiger partial charge in [-0.05, 0) is 44.2 Å². The third-order valence-corrected chi connectivity index (χ3v) is 5.63. The van der Waals surface area contributed by atoms with E-state index >= 15 is 0 Å². The molecule has 3 aromatic rings. The SMILES string of the molecule is COc1ccc(Cl)cc1C(=O)N1CCN(c2c(C)nn(-c3ccccn3)c2C)CC1. The summed E-state index contributed by atoms with van der Waals surface area (Å²) in [5.74, 6) is 1.27. The van der Waals surface area contributed by atoms with Crippen molar-refractivity contribution < 1.29 is 9.53 Å². The highest BCUT2D eigenvalue weighted by molar-refractivity contribution is 6.31. The number of methoxy groups -OCH3 is 1. The predicted molar refractivity (Wildman–Crippen MR) is 117 cm³/mol. The Balaban J connectivity index is 1.51. The molecule has 0 bridgehead atoms. The Bertz CT molecular complexity index is 1060. The lowest BCUT2D eigenvalue weighted by Crippen LogP contribution is -2.49. The molecule has 1 aliphatic heterocycles. The van der Waals surface area contributed by atoms with Crippen molar-refractivity contribution in [2.45, 2.75) is 13.8 Å². The van der Waals surface area contributed by atoms with Gasteiger partial charge in [-0.3, -0.25) is 4.79 Å². The molecule has 1 saturated heterocycles. The lowest BCUT2D eigenvalue weighted by atomic mass is 10.1. The summed E-state index contributed by atoms with van der Waals surface area (Å²) in [5, 5.41) is 5.21. The number of hydrogen-bond acceptors (Lipinski definition) is 5. The van der Waals surface area contributed by atoms with Crippen LogP contribution in [0.15, 0.2) is 42.6 Å². The second-order valence-corrected chi connectivity index (χ2v) is 7.68. The zero-order valence-corrected chi connectivity index (χ0v) is 18.1. The minimum absolute atomic E-state index is 0.0633. The number of ether oxygens (including phenoxy) is 1. The molecule has 1 aromatic carbocycles. The van der Waals surface area contributed by atoms with Crippen molar-refractivity contribution >= 4 is 23.2 Å². The van der Waals surface area contributed by atoms with E-state index in [2.05, 4.69) is 16.8 Å². The number of benzene rings is 1. The fourth-order valence-electron chi connectivity index (χ4n) is 3.95. The van der Waals surface area contributed by atoms with Gasteiger partial charge in [0.05, 0.1) is 29.7 Å². The molecule has 1 aliphatic rings. The van der Waals surface area contributed by atoms with E-state index in [1.54, 1.807) is 31.5 Å². The van der Waals surface area contributed by atoms with Crippen molar-refractivity contribution in [3.8, 4) is 11.6 Å². The number of halogens is 1. The zero-order chi connectivity index (χ0) is 21.3. The third-order valence-electron chi connectivity index (χ3n) is 5.39. The van der Waals surface area contributed by atoms with E-state index in [1.807, 2.05) is 34.7 Å². The van der Waals surface area contributed by atoms with Crippen LogP contribution < -0.4 is 9.64 Å². The van der Waals surface area contributed by atoms with Gasteiger partial charge in [0, 0.05) is 37.4 Å². The molecule has 7 nitrogen and oxygen atoms in total. The molecule has 0 unspecified atom stereocenters. The average molecular weight is 426 g/mol. The predicted octanol–water partition coefficient (Wildman–Crippen LogP) is 3.51. The first-order chi connectivity index (χ1) is 14.5. The maximum atomic E-state index is 13.0. The van der Waals surface area contributed by atoms with Gasteiger partial charge in [0.25, 0.3) is 5.91 Å². The van der Waals surface area contributed by atoms with E-state index < -0.39 is 0 Å². The van der Waals surface area contributed by atoms with Crippen molar-refractivity contribution in [2.24, 2.45) is 0 Å². The van der Waals surface area contributed by atoms with Gasteiger partial charge in [0.15, 0.2) is 5.82 Å². The van der Waals surface area contributed by atoms with Crippen molar-refractivity contribution in [3.63, 3.8) is 0 Å². The summed E-state index contributed by atoms with van der Waals surface area (Å²) >= 11 is 6.10.